The highest BCUT2D eigenvalue weighted by Gasteiger charge is 2.15. The highest BCUT2D eigenvalue weighted by Crippen LogP contribution is 2.25. The summed E-state index contributed by atoms with van der Waals surface area (Å²) in [6, 6.07) is 16.9. The van der Waals surface area contributed by atoms with Gasteiger partial charge >= 0.3 is 0 Å². The highest BCUT2D eigenvalue weighted by molar-refractivity contribution is 14.1. The Balaban J connectivity index is 1.56. The fourth-order valence-corrected chi connectivity index (χ4v) is 3.75. The molecule has 0 aliphatic heterocycles. The van der Waals surface area contributed by atoms with Crippen LogP contribution in [0.1, 0.15) is 16.7 Å². The number of rotatable bonds is 8. The number of nitrogens with zero attached hydrogens (tertiary/aromatic N) is 2. The van der Waals surface area contributed by atoms with E-state index in [1.54, 1.807) is 42.5 Å². The molecule has 7 nitrogen and oxygen atoms in total. The van der Waals surface area contributed by atoms with E-state index in [0.29, 0.717) is 28.0 Å². The lowest BCUT2D eigenvalue weighted by atomic mass is 10.1. The molecule has 0 saturated carbocycles. The van der Waals surface area contributed by atoms with Gasteiger partial charge in [-0.2, -0.15) is 5.10 Å². The standard InChI is InChI=1S/C22H16Cl2IN3O4/c23-17-7-5-15(9-18(17)24)13-32-21-8-6-14(10-19(21)25)12-26-27-22(29)11-16-3-1-2-4-20(16)28(30)31/h1-10,12H,11,13H2,(H,27,29)/b26-12+. The number of nitro groups is 1. The average Bonchev–Trinajstić information content (AvgIpc) is 2.75. The molecule has 1 N–H and O–H groups in total. The maximum atomic E-state index is 12.1. The van der Waals surface area contributed by atoms with Crippen molar-refractivity contribution in [2.24, 2.45) is 5.10 Å². The van der Waals surface area contributed by atoms with E-state index in [2.05, 4.69) is 33.1 Å². The van der Waals surface area contributed by atoms with E-state index in [-0.39, 0.29) is 12.1 Å². The summed E-state index contributed by atoms with van der Waals surface area (Å²) in [5, 5.41) is 15.9. The summed E-state index contributed by atoms with van der Waals surface area (Å²) in [5.74, 6) is 0.237. The zero-order valence-corrected chi connectivity index (χ0v) is 20.1. The molecule has 3 aromatic rings. The topological polar surface area (TPSA) is 93.8 Å². The van der Waals surface area contributed by atoms with E-state index in [9.17, 15) is 14.9 Å². The molecule has 0 radical (unpaired) electrons. The minimum atomic E-state index is -0.515. The number of hydrazone groups is 1. The Bertz CT molecular complexity index is 1190. The zero-order chi connectivity index (χ0) is 23.1. The van der Waals surface area contributed by atoms with Crippen molar-refractivity contribution in [2.75, 3.05) is 0 Å². The van der Waals surface area contributed by atoms with Gasteiger partial charge in [0.1, 0.15) is 12.4 Å². The van der Waals surface area contributed by atoms with Crippen molar-refractivity contribution < 1.29 is 14.5 Å². The Morgan fingerprint density at radius 3 is 2.62 bits per heavy atom. The van der Waals surface area contributed by atoms with Crippen LogP contribution in [-0.4, -0.2) is 17.0 Å². The van der Waals surface area contributed by atoms with Crippen LogP contribution in [0.5, 0.6) is 5.75 Å². The number of hydrogen-bond acceptors (Lipinski definition) is 5. The molecule has 10 heteroatoms. The number of benzene rings is 3. The number of ether oxygens (including phenoxy) is 1. The minimum absolute atomic E-state index is 0.0994. The molecule has 0 bridgehead atoms. The van der Waals surface area contributed by atoms with Gasteiger partial charge < -0.3 is 4.74 Å². The first kappa shape index (κ1) is 24.0. The lowest BCUT2D eigenvalue weighted by molar-refractivity contribution is -0.385. The molecule has 3 aromatic carbocycles. The monoisotopic (exact) mass is 583 g/mol. The van der Waals surface area contributed by atoms with Gasteiger partial charge in [0.15, 0.2) is 0 Å². The molecule has 3 rings (SSSR count). The van der Waals surface area contributed by atoms with Crippen LogP contribution >= 0.6 is 45.8 Å². The first-order valence-electron chi connectivity index (χ1n) is 9.24. The van der Waals surface area contributed by atoms with Crippen LogP contribution in [0.3, 0.4) is 0 Å². The fraction of sp³-hybridized carbons (Fsp3) is 0.0909. The van der Waals surface area contributed by atoms with Crippen molar-refractivity contribution in [3.05, 3.63) is 101 Å². The van der Waals surface area contributed by atoms with Crippen molar-refractivity contribution >= 4 is 63.6 Å². The van der Waals surface area contributed by atoms with Crippen LogP contribution in [0.2, 0.25) is 10.0 Å². The Morgan fingerprint density at radius 2 is 1.91 bits per heavy atom. The number of carbonyl (C=O) groups excluding carboxylic acids is 1. The normalized spacial score (nSPS) is 10.8. The molecular formula is C22H16Cl2IN3O4. The van der Waals surface area contributed by atoms with Gasteiger partial charge in [0.25, 0.3) is 5.69 Å². The molecule has 164 valence electrons. The van der Waals surface area contributed by atoms with Crippen molar-refractivity contribution in [3.8, 4) is 5.75 Å². The smallest absolute Gasteiger partial charge is 0.273 e. The molecular weight excluding hydrogens is 568 g/mol. The van der Waals surface area contributed by atoms with Gasteiger partial charge in [-0.3, -0.25) is 14.9 Å². The molecule has 0 aromatic heterocycles. The van der Waals surface area contributed by atoms with Crippen LogP contribution in [-0.2, 0) is 17.8 Å². The highest BCUT2D eigenvalue weighted by atomic mass is 127. The van der Waals surface area contributed by atoms with Gasteiger partial charge in [0.2, 0.25) is 5.91 Å². The Kier molecular flexibility index (Phi) is 8.43. The van der Waals surface area contributed by atoms with Gasteiger partial charge in [0.05, 0.1) is 31.2 Å². The molecule has 0 atom stereocenters. The summed E-state index contributed by atoms with van der Waals surface area (Å²) in [4.78, 5) is 22.6. The van der Waals surface area contributed by atoms with Crippen LogP contribution in [0, 0.1) is 13.7 Å². The van der Waals surface area contributed by atoms with E-state index < -0.39 is 10.8 Å². The molecule has 32 heavy (non-hydrogen) atoms. The largest absolute Gasteiger partial charge is 0.488 e. The van der Waals surface area contributed by atoms with E-state index in [1.807, 2.05) is 12.1 Å². The molecule has 1 amide bonds. The fourth-order valence-electron chi connectivity index (χ4n) is 2.73. The quantitative estimate of drug-likeness (QED) is 0.157. The third-order valence-corrected chi connectivity index (χ3v) is 5.86. The van der Waals surface area contributed by atoms with Crippen LogP contribution in [0.25, 0.3) is 0 Å². The predicted octanol–water partition coefficient (Wildman–Crippen LogP) is 5.78. The average molecular weight is 584 g/mol. The van der Waals surface area contributed by atoms with Gasteiger partial charge in [-0.15, -0.1) is 0 Å². The van der Waals surface area contributed by atoms with E-state index in [1.165, 1.54) is 12.3 Å². The SMILES string of the molecule is O=C(Cc1ccccc1[N+](=O)[O-])N/N=C/c1ccc(OCc2ccc(Cl)c(Cl)c2)c(I)c1. The van der Waals surface area contributed by atoms with Gasteiger partial charge in [-0.25, -0.2) is 5.43 Å². The number of halogens is 3. The maximum Gasteiger partial charge on any atom is 0.273 e. The number of hydrogen-bond donors (Lipinski definition) is 1. The first-order chi connectivity index (χ1) is 15.3. The van der Waals surface area contributed by atoms with Crippen molar-refractivity contribution in [2.45, 2.75) is 13.0 Å². The summed E-state index contributed by atoms with van der Waals surface area (Å²) >= 11 is 14.1. The van der Waals surface area contributed by atoms with Crippen molar-refractivity contribution in [1.82, 2.24) is 5.43 Å². The zero-order valence-electron chi connectivity index (χ0n) is 16.4. The van der Waals surface area contributed by atoms with Crippen molar-refractivity contribution in [1.29, 1.82) is 0 Å². The molecule has 0 aliphatic carbocycles. The molecule has 0 spiro atoms. The summed E-state index contributed by atoms with van der Waals surface area (Å²) in [6.45, 7) is 0.335. The van der Waals surface area contributed by atoms with Gasteiger partial charge in [-0.05, 0) is 64.0 Å². The third-order valence-electron chi connectivity index (χ3n) is 4.28. The number of nitrogens with one attached hydrogen (secondary N) is 1. The maximum absolute atomic E-state index is 12.1. The first-order valence-corrected chi connectivity index (χ1v) is 11.1. The van der Waals surface area contributed by atoms with E-state index >= 15 is 0 Å². The lowest BCUT2D eigenvalue weighted by Gasteiger charge is -2.09. The predicted molar refractivity (Wildman–Crippen MR) is 132 cm³/mol. The van der Waals surface area contributed by atoms with Crippen LogP contribution in [0.4, 0.5) is 5.69 Å². The second kappa shape index (κ2) is 11.3. The molecule has 0 aliphatic rings. The molecule has 0 unspecified atom stereocenters. The lowest BCUT2D eigenvalue weighted by Crippen LogP contribution is -2.20. The Morgan fingerprint density at radius 1 is 1.12 bits per heavy atom. The summed E-state index contributed by atoms with van der Waals surface area (Å²) in [5.41, 5.74) is 4.25. The molecule has 0 saturated heterocycles. The summed E-state index contributed by atoms with van der Waals surface area (Å²) in [7, 11) is 0. The molecule has 0 fully saturated rings. The van der Waals surface area contributed by atoms with Crippen LogP contribution < -0.4 is 10.2 Å². The number of carbonyl (C=O) groups is 1. The summed E-state index contributed by atoms with van der Waals surface area (Å²) in [6.07, 6.45) is 1.34. The second-order valence-corrected chi connectivity index (χ2v) is 8.56. The summed E-state index contributed by atoms with van der Waals surface area (Å²) < 4.78 is 6.69. The van der Waals surface area contributed by atoms with Crippen LogP contribution in [0.15, 0.2) is 65.8 Å². The van der Waals surface area contributed by atoms with Gasteiger partial charge in [-0.1, -0.05) is 47.5 Å². The third kappa shape index (κ3) is 6.65. The van der Waals surface area contributed by atoms with Gasteiger partial charge in [0, 0.05) is 11.6 Å². The Hall–Kier alpha value is -2.69. The number of para-hydroxylation sites is 1. The van der Waals surface area contributed by atoms with Crippen molar-refractivity contribution in [3.63, 3.8) is 0 Å². The van der Waals surface area contributed by atoms with E-state index in [4.69, 9.17) is 27.9 Å². The number of nitro benzene ring substituents is 1. The number of amides is 1. The second-order valence-electron chi connectivity index (χ2n) is 6.58. The minimum Gasteiger partial charge on any atom is -0.488 e. The Labute approximate surface area is 207 Å². The van der Waals surface area contributed by atoms with E-state index in [0.717, 1.165) is 14.7 Å². The molecule has 0 heterocycles.